The summed E-state index contributed by atoms with van der Waals surface area (Å²) >= 11 is 0. The first-order valence-corrected chi connectivity index (χ1v) is 9.16. The van der Waals surface area contributed by atoms with E-state index in [4.69, 9.17) is 5.73 Å². The fraction of sp³-hybridized carbons (Fsp3) is 0.474. The van der Waals surface area contributed by atoms with Crippen LogP contribution in [0.4, 0.5) is 0 Å². The third-order valence-electron chi connectivity index (χ3n) is 5.75. The van der Waals surface area contributed by atoms with Gasteiger partial charge in [0.25, 0.3) is 11.8 Å². The Kier molecular flexibility index (Phi) is 4.32. The van der Waals surface area contributed by atoms with Crippen molar-refractivity contribution in [2.45, 2.75) is 50.4 Å². The lowest BCUT2D eigenvalue weighted by atomic mass is 9.86. The summed E-state index contributed by atoms with van der Waals surface area (Å²) in [6.45, 7) is 0.531. The maximum absolute atomic E-state index is 13.0. The van der Waals surface area contributed by atoms with Crippen molar-refractivity contribution in [2.75, 3.05) is 7.05 Å². The number of piperidine rings is 1. The number of rotatable bonds is 4. The Bertz CT molecular complexity index is 846. The van der Waals surface area contributed by atoms with Crippen LogP contribution >= 0.6 is 0 Å². The highest BCUT2D eigenvalue weighted by atomic mass is 16.2. The molecule has 1 saturated heterocycles. The number of nitrogens with one attached hydrogen (secondary N) is 1. The van der Waals surface area contributed by atoms with Crippen LogP contribution < -0.4 is 11.1 Å². The summed E-state index contributed by atoms with van der Waals surface area (Å²) in [6.07, 6.45) is 2.11. The van der Waals surface area contributed by atoms with Crippen molar-refractivity contribution in [1.29, 1.82) is 0 Å². The van der Waals surface area contributed by atoms with Crippen LogP contribution in [-0.4, -0.2) is 58.6 Å². The molecule has 4 rings (SSSR count). The number of carbonyl (C=O) groups excluding carboxylic acids is 4. The average molecular weight is 370 g/mol. The molecule has 0 radical (unpaired) electrons. The third kappa shape index (κ3) is 2.94. The van der Waals surface area contributed by atoms with Crippen LogP contribution in [0, 0.1) is 0 Å². The molecule has 0 spiro atoms. The van der Waals surface area contributed by atoms with Gasteiger partial charge in [0, 0.05) is 25.0 Å². The summed E-state index contributed by atoms with van der Waals surface area (Å²) in [4.78, 5) is 52.6. The Morgan fingerprint density at radius 3 is 2.59 bits per heavy atom. The zero-order chi connectivity index (χ0) is 19.3. The molecule has 142 valence electrons. The second-order valence-electron chi connectivity index (χ2n) is 7.59. The van der Waals surface area contributed by atoms with E-state index < -0.39 is 23.8 Å². The molecular formula is C19H22N4O4. The highest BCUT2D eigenvalue weighted by molar-refractivity contribution is 6.24. The number of fused-ring (bicyclic) bond motifs is 1. The van der Waals surface area contributed by atoms with Gasteiger partial charge < -0.3 is 5.73 Å². The van der Waals surface area contributed by atoms with Crippen molar-refractivity contribution < 1.29 is 19.2 Å². The Hall–Kier alpha value is -2.58. The molecule has 1 saturated carbocycles. The van der Waals surface area contributed by atoms with Crippen LogP contribution in [0.2, 0.25) is 0 Å². The molecule has 8 nitrogen and oxygen atoms in total. The van der Waals surface area contributed by atoms with E-state index in [0.717, 1.165) is 23.3 Å². The zero-order valence-corrected chi connectivity index (χ0v) is 15.1. The first-order chi connectivity index (χ1) is 12.9. The highest BCUT2D eigenvalue weighted by Gasteiger charge is 2.45. The highest BCUT2D eigenvalue weighted by Crippen LogP contribution is 2.31. The van der Waals surface area contributed by atoms with E-state index in [0.29, 0.717) is 23.7 Å². The Morgan fingerprint density at radius 2 is 1.93 bits per heavy atom. The summed E-state index contributed by atoms with van der Waals surface area (Å²) in [6, 6.07) is 4.87. The second kappa shape index (κ2) is 6.54. The van der Waals surface area contributed by atoms with Gasteiger partial charge in [0.2, 0.25) is 11.8 Å². The molecular weight excluding hydrogens is 348 g/mol. The standard InChI is InChI=1S/C19H22N4O4/c1-22(12-7-11(20)8-12)9-10-3-2-4-13-16(10)19(27)23(18(13)26)14-5-6-15(24)21-17(14)25/h2-4,11-12,14H,5-9,20H2,1H3,(H,21,24,25). The predicted octanol–water partition coefficient (Wildman–Crippen LogP) is 0.00930. The maximum atomic E-state index is 13.0. The monoisotopic (exact) mass is 370 g/mol. The molecule has 0 bridgehead atoms. The van der Waals surface area contributed by atoms with Gasteiger partial charge in [-0.3, -0.25) is 34.3 Å². The molecule has 3 aliphatic rings. The minimum Gasteiger partial charge on any atom is -0.328 e. The van der Waals surface area contributed by atoms with Gasteiger partial charge in [-0.25, -0.2) is 0 Å². The minimum absolute atomic E-state index is 0.112. The molecule has 2 aliphatic heterocycles. The number of imide groups is 2. The van der Waals surface area contributed by atoms with Crippen LogP contribution in [0.3, 0.4) is 0 Å². The lowest BCUT2D eigenvalue weighted by Gasteiger charge is -2.39. The van der Waals surface area contributed by atoms with E-state index in [1.54, 1.807) is 12.1 Å². The molecule has 8 heteroatoms. The quantitative estimate of drug-likeness (QED) is 0.722. The van der Waals surface area contributed by atoms with Crippen molar-refractivity contribution in [2.24, 2.45) is 5.73 Å². The van der Waals surface area contributed by atoms with E-state index in [9.17, 15) is 19.2 Å². The van der Waals surface area contributed by atoms with Crippen LogP contribution in [0.25, 0.3) is 0 Å². The normalized spacial score (nSPS) is 27.7. The molecule has 1 aromatic carbocycles. The molecule has 1 aromatic rings. The summed E-state index contributed by atoms with van der Waals surface area (Å²) < 4.78 is 0. The van der Waals surface area contributed by atoms with Crippen molar-refractivity contribution in [1.82, 2.24) is 15.1 Å². The van der Waals surface area contributed by atoms with Crippen molar-refractivity contribution in [3.05, 3.63) is 34.9 Å². The molecule has 1 atom stereocenters. The number of nitrogens with two attached hydrogens (primary N) is 1. The maximum Gasteiger partial charge on any atom is 0.262 e. The van der Waals surface area contributed by atoms with Gasteiger partial charge in [0.15, 0.2) is 0 Å². The minimum atomic E-state index is -0.940. The number of hydrogen-bond donors (Lipinski definition) is 2. The zero-order valence-electron chi connectivity index (χ0n) is 15.1. The SMILES string of the molecule is CN(Cc1cccc2c1C(=O)N(C1CCC(=O)NC1=O)C2=O)C1CC(N)C1. The average Bonchev–Trinajstić information content (AvgIpc) is 2.84. The van der Waals surface area contributed by atoms with Gasteiger partial charge in [-0.1, -0.05) is 12.1 Å². The van der Waals surface area contributed by atoms with Crippen LogP contribution in [-0.2, 0) is 16.1 Å². The predicted molar refractivity (Wildman–Crippen MR) is 95.6 cm³/mol. The van der Waals surface area contributed by atoms with E-state index >= 15 is 0 Å². The summed E-state index contributed by atoms with van der Waals surface area (Å²) in [5.74, 6) is -1.91. The fourth-order valence-corrected chi connectivity index (χ4v) is 4.10. The first-order valence-electron chi connectivity index (χ1n) is 9.16. The number of hydrogen-bond acceptors (Lipinski definition) is 6. The summed E-state index contributed by atoms with van der Waals surface area (Å²) in [7, 11) is 1.98. The second-order valence-corrected chi connectivity index (χ2v) is 7.59. The molecule has 4 amide bonds. The van der Waals surface area contributed by atoms with Gasteiger partial charge in [-0.05, 0) is 37.9 Å². The lowest BCUT2D eigenvalue weighted by molar-refractivity contribution is -0.136. The van der Waals surface area contributed by atoms with Crippen LogP contribution in [0.15, 0.2) is 18.2 Å². The van der Waals surface area contributed by atoms with E-state index in [-0.39, 0.29) is 24.8 Å². The smallest absolute Gasteiger partial charge is 0.262 e. The Morgan fingerprint density at radius 1 is 1.19 bits per heavy atom. The van der Waals surface area contributed by atoms with E-state index in [1.807, 2.05) is 13.1 Å². The largest absolute Gasteiger partial charge is 0.328 e. The van der Waals surface area contributed by atoms with Crippen molar-refractivity contribution in [3.63, 3.8) is 0 Å². The third-order valence-corrected chi connectivity index (χ3v) is 5.75. The van der Waals surface area contributed by atoms with Crippen molar-refractivity contribution >= 4 is 23.6 Å². The number of benzene rings is 1. The number of nitrogens with zero attached hydrogens (tertiary/aromatic N) is 2. The van der Waals surface area contributed by atoms with Gasteiger partial charge in [-0.2, -0.15) is 0 Å². The van der Waals surface area contributed by atoms with E-state index in [1.165, 1.54) is 0 Å². The van der Waals surface area contributed by atoms with Gasteiger partial charge >= 0.3 is 0 Å². The number of carbonyl (C=O) groups is 4. The topological polar surface area (TPSA) is 113 Å². The van der Waals surface area contributed by atoms with Crippen LogP contribution in [0.5, 0.6) is 0 Å². The van der Waals surface area contributed by atoms with Gasteiger partial charge in [0.05, 0.1) is 11.1 Å². The summed E-state index contributed by atoms with van der Waals surface area (Å²) in [5, 5.41) is 2.21. The molecule has 2 fully saturated rings. The van der Waals surface area contributed by atoms with Gasteiger partial charge in [0.1, 0.15) is 6.04 Å². The summed E-state index contributed by atoms with van der Waals surface area (Å²) in [5.41, 5.74) is 7.31. The first kappa shape index (κ1) is 17.8. The fourth-order valence-electron chi connectivity index (χ4n) is 4.10. The van der Waals surface area contributed by atoms with Crippen molar-refractivity contribution in [3.8, 4) is 0 Å². The molecule has 1 unspecified atom stereocenters. The lowest BCUT2D eigenvalue weighted by Crippen LogP contribution is -2.54. The molecule has 0 aromatic heterocycles. The Labute approximate surface area is 156 Å². The number of amides is 4. The molecule has 1 aliphatic carbocycles. The van der Waals surface area contributed by atoms with E-state index in [2.05, 4.69) is 10.2 Å². The molecule has 3 N–H and O–H groups in total. The molecule has 27 heavy (non-hydrogen) atoms. The van der Waals surface area contributed by atoms with Crippen LogP contribution in [0.1, 0.15) is 52.0 Å². The molecule has 2 heterocycles. The van der Waals surface area contributed by atoms with Gasteiger partial charge in [-0.15, -0.1) is 0 Å². The Balaban J connectivity index is 1.60.